The molecule has 1 aromatic rings. The Balaban J connectivity index is 2.96. The van der Waals surface area contributed by atoms with Gasteiger partial charge >= 0.3 is 5.92 Å². The van der Waals surface area contributed by atoms with E-state index in [1.807, 2.05) is 0 Å². The molecule has 0 atom stereocenters. The summed E-state index contributed by atoms with van der Waals surface area (Å²) in [5.41, 5.74) is 5.08. The van der Waals surface area contributed by atoms with E-state index in [2.05, 4.69) is 9.97 Å². The molecule has 0 bridgehead atoms. The monoisotopic (exact) mass is 173 g/mol. The fourth-order valence-corrected chi connectivity index (χ4v) is 0.686. The lowest BCUT2D eigenvalue weighted by Crippen LogP contribution is -2.26. The van der Waals surface area contributed by atoms with Crippen molar-refractivity contribution in [3.05, 3.63) is 23.8 Å². The lowest BCUT2D eigenvalue weighted by Gasteiger charge is -2.11. The first kappa shape index (κ1) is 8.99. The fraction of sp³-hybridized carbons (Fsp3) is 0.429. The number of nitrogens with zero attached hydrogens (tertiary/aromatic N) is 2. The normalized spacial score (nSPS) is 11.7. The van der Waals surface area contributed by atoms with Gasteiger partial charge in [-0.15, -0.1) is 0 Å². The van der Waals surface area contributed by atoms with Gasteiger partial charge in [-0.25, -0.2) is 0 Å². The van der Waals surface area contributed by atoms with Crippen LogP contribution in [0.25, 0.3) is 0 Å². The van der Waals surface area contributed by atoms with E-state index in [0.717, 1.165) is 6.20 Å². The van der Waals surface area contributed by atoms with E-state index in [9.17, 15) is 8.78 Å². The number of hydrogen-bond acceptors (Lipinski definition) is 3. The highest BCUT2D eigenvalue weighted by atomic mass is 19.3. The first-order chi connectivity index (χ1) is 5.56. The third-order valence-corrected chi connectivity index (χ3v) is 1.41. The van der Waals surface area contributed by atoms with Crippen molar-refractivity contribution < 1.29 is 8.78 Å². The Morgan fingerprint density at radius 3 is 2.50 bits per heavy atom. The average Bonchev–Trinajstić information content (AvgIpc) is 2.05. The Hall–Kier alpha value is -1.10. The lowest BCUT2D eigenvalue weighted by molar-refractivity contribution is 0.000962. The molecule has 1 rings (SSSR count). The van der Waals surface area contributed by atoms with Crippen LogP contribution in [0.4, 0.5) is 8.78 Å². The minimum Gasteiger partial charge on any atom is -0.325 e. The van der Waals surface area contributed by atoms with Crippen LogP contribution in [0, 0.1) is 6.92 Å². The molecule has 0 aromatic carbocycles. The maximum absolute atomic E-state index is 12.8. The fourth-order valence-electron chi connectivity index (χ4n) is 0.686. The molecular weight excluding hydrogens is 164 g/mol. The molecule has 0 amide bonds. The van der Waals surface area contributed by atoms with E-state index in [1.54, 1.807) is 6.92 Å². The SMILES string of the molecule is Cc1cnc(C(F)(F)CN)cn1. The smallest absolute Gasteiger partial charge is 0.303 e. The summed E-state index contributed by atoms with van der Waals surface area (Å²) in [6, 6.07) is 0. The lowest BCUT2D eigenvalue weighted by atomic mass is 10.2. The average molecular weight is 173 g/mol. The highest BCUT2D eigenvalue weighted by molar-refractivity contribution is 5.07. The molecule has 0 aliphatic heterocycles. The van der Waals surface area contributed by atoms with Crippen LogP contribution >= 0.6 is 0 Å². The second-order valence-electron chi connectivity index (χ2n) is 2.45. The predicted octanol–water partition coefficient (Wildman–Crippen LogP) is 0.836. The largest absolute Gasteiger partial charge is 0.325 e. The van der Waals surface area contributed by atoms with Crippen molar-refractivity contribution in [3.8, 4) is 0 Å². The molecular formula is C7H9F2N3. The van der Waals surface area contributed by atoms with Crippen molar-refractivity contribution in [2.75, 3.05) is 6.54 Å². The van der Waals surface area contributed by atoms with Crippen LogP contribution in [0.5, 0.6) is 0 Å². The molecule has 1 aromatic heterocycles. The van der Waals surface area contributed by atoms with Crippen LogP contribution < -0.4 is 5.73 Å². The quantitative estimate of drug-likeness (QED) is 0.720. The third kappa shape index (κ3) is 1.73. The summed E-state index contributed by atoms with van der Waals surface area (Å²) in [5, 5.41) is 0. The van der Waals surface area contributed by atoms with E-state index >= 15 is 0 Å². The molecule has 0 aliphatic rings. The molecule has 0 saturated heterocycles. The van der Waals surface area contributed by atoms with Gasteiger partial charge in [-0.1, -0.05) is 0 Å². The van der Waals surface area contributed by atoms with Gasteiger partial charge in [0.05, 0.1) is 18.4 Å². The zero-order valence-electron chi connectivity index (χ0n) is 6.59. The molecule has 0 spiro atoms. The molecule has 0 unspecified atom stereocenters. The summed E-state index contributed by atoms with van der Waals surface area (Å²) in [6.07, 6.45) is 2.33. The number of nitrogens with two attached hydrogens (primary N) is 1. The summed E-state index contributed by atoms with van der Waals surface area (Å²) in [6.45, 7) is 0.933. The Kier molecular flexibility index (Phi) is 2.32. The van der Waals surface area contributed by atoms with Crippen molar-refractivity contribution in [2.24, 2.45) is 5.73 Å². The maximum atomic E-state index is 12.8. The van der Waals surface area contributed by atoms with E-state index in [0.29, 0.717) is 5.69 Å². The first-order valence-electron chi connectivity index (χ1n) is 3.43. The second-order valence-corrected chi connectivity index (χ2v) is 2.45. The number of halogens is 2. The minimum absolute atomic E-state index is 0.379. The highest BCUT2D eigenvalue weighted by Crippen LogP contribution is 2.23. The Morgan fingerprint density at radius 1 is 1.42 bits per heavy atom. The molecule has 2 N–H and O–H groups in total. The van der Waals surface area contributed by atoms with Crippen molar-refractivity contribution >= 4 is 0 Å². The molecule has 0 radical (unpaired) electrons. The standard InChI is InChI=1S/C7H9F2N3/c1-5-2-12-6(3-11-5)7(8,9)4-10/h2-3H,4,10H2,1H3. The third-order valence-electron chi connectivity index (χ3n) is 1.41. The summed E-state index contributed by atoms with van der Waals surface area (Å²) in [7, 11) is 0. The van der Waals surface area contributed by atoms with Gasteiger partial charge in [-0.2, -0.15) is 8.78 Å². The van der Waals surface area contributed by atoms with Crippen molar-refractivity contribution in [3.63, 3.8) is 0 Å². The van der Waals surface area contributed by atoms with Gasteiger partial charge < -0.3 is 5.73 Å². The molecule has 5 heteroatoms. The number of aromatic nitrogens is 2. The molecule has 0 aliphatic carbocycles. The van der Waals surface area contributed by atoms with E-state index in [1.165, 1.54) is 6.20 Å². The maximum Gasteiger partial charge on any atom is 0.303 e. The van der Waals surface area contributed by atoms with Crippen LogP contribution in [-0.2, 0) is 5.92 Å². The number of hydrogen-bond donors (Lipinski definition) is 1. The Morgan fingerprint density at radius 2 is 2.08 bits per heavy atom. The number of rotatable bonds is 2. The molecule has 3 nitrogen and oxygen atoms in total. The zero-order chi connectivity index (χ0) is 9.19. The van der Waals surface area contributed by atoms with Crippen LogP contribution in [0.2, 0.25) is 0 Å². The van der Waals surface area contributed by atoms with Gasteiger partial charge in [-0.3, -0.25) is 9.97 Å². The van der Waals surface area contributed by atoms with Gasteiger partial charge in [0.15, 0.2) is 0 Å². The summed E-state index contributed by atoms with van der Waals surface area (Å²) < 4.78 is 25.6. The molecule has 66 valence electrons. The second kappa shape index (κ2) is 3.10. The van der Waals surface area contributed by atoms with Gasteiger partial charge in [0.2, 0.25) is 0 Å². The number of aryl methyl sites for hydroxylation is 1. The van der Waals surface area contributed by atoms with Crippen LogP contribution in [-0.4, -0.2) is 16.5 Å². The van der Waals surface area contributed by atoms with Crippen molar-refractivity contribution in [1.29, 1.82) is 0 Å². The molecule has 12 heavy (non-hydrogen) atoms. The molecule has 1 heterocycles. The summed E-state index contributed by atoms with van der Waals surface area (Å²) in [5.74, 6) is -3.07. The van der Waals surface area contributed by atoms with E-state index in [-0.39, 0.29) is 5.69 Å². The molecule has 0 saturated carbocycles. The Labute approximate surface area is 68.6 Å². The summed E-state index contributed by atoms with van der Waals surface area (Å²) >= 11 is 0. The predicted molar refractivity (Wildman–Crippen MR) is 39.7 cm³/mol. The zero-order valence-corrected chi connectivity index (χ0v) is 6.59. The number of alkyl halides is 2. The van der Waals surface area contributed by atoms with Crippen LogP contribution in [0.15, 0.2) is 12.4 Å². The van der Waals surface area contributed by atoms with Gasteiger partial charge in [0.25, 0.3) is 0 Å². The van der Waals surface area contributed by atoms with E-state index in [4.69, 9.17) is 5.73 Å². The van der Waals surface area contributed by atoms with Crippen molar-refractivity contribution in [2.45, 2.75) is 12.8 Å². The minimum atomic E-state index is -3.07. The van der Waals surface area contributed by atoms with Gasteiger partial charge in [0.1, 0.15) is 5.69 Å². The topological polar surface area (TPSA) is 51.8 Å². The van der Waals surface area contributed by atoms with Crippen LogP contribution in [0.1, 0.15) is 11.4 Å². The van der Waals surface area contributed by atoms with Crippen molar-refractivity contribution in [1.82, 2.24) is 9.97 Å². The van der Waals surface area contributed by atoms with Gasteiger partial charge in [-0.05, 0) is 6.92 Å². The highest BCUT2D eigenvalue weighted by Gasteiger charge is 2.31. The first-order valence-corrected chi connectivity index (χ1v) is 3.43. The van der Waals surface area contributed by atoms with Crippen LogP contribution in [0.3, 0.4) is 0 Å². The van der Waals surface area contributed by atoms with Gasteiger partial charge in [0, 0.05) is 6.20 Å². The molecule has 0 fully saturated rings. The summed E-state index contributed by atoms with van der Waals surface area (Å²) in [4.78, 5) is 7.22. The van der Waals surface area contributed by atoms with E-state index < -0.39 is 12.5 Å². The Bertz CT molecular complexity index is 258.